The molecular weight excluding hydrogens is 361 g/mol. The highest BCUT2D eigenvalue weighted by atomic mass is 127. The molecule has 0 aromatic carbocycles. The molecule has 1 aliphatic heterocycles. The standard InChI is InChI=1S/C12H23N3O3.HI/c1-9(11(16)17-3)7-14-12(13-2)15-8-10-5-4-6-18-10;/h9-10H,4-8H2,1-3H3,(H2,13,14,15);1H. The number of hydrogen-bond acceptors (Lipinski definition) is 4. The molecule has 0 saturated carbocycles. The van der Waals surface area contributed by atoms with Crippen LogP contribution in [-0.4, -0.2) is 51.9 Å². The van der Waals surface area contributed by atoms with Crippen molar-refractivity contribution >= 4 is 35.9 Å². The van der Waals surface area contributed by atoms with Crippen LogP contribution in [0.1, 0.15) is 19.8 Å². The molecule has 2 unspecified atom stereocenters. The number of halogens is 1. The SMILES string of the molecule is CN=C(NCC1CCCO1)NCC(C)C(=O)OC.I. The molecule has 0 radical (unpaired) electrons. The molecule has 1 heterocycles. The first kappa shape index (κ1) is 18.4. The van der Waals surface area contributed by atoms with Gasteiger partial charge in [0.15, 0.2) is 5.96 Å². The van der Waals surface area contributed by atoms with Gasteiger partial charge in [-0.05, 0) is 12.8 Å². The maximum atomic E-state index is 11.2. The van der Waals surface area contributed by atoms with E-state index in [9.17, 15) is 4.79 Å². The number of esters is 1. The highest BCUT2D eigenvalue weighted by Gasteiger charge is 2.16. The summed E-state index contributed by atoms with van der Waals surface area (Å²) in [4.78, 5) is 15.3. The molecule has 1 saturated heterocycles. The molecule has 7 heteroatoms. The fraction of sp³-hybridized carbons (Fsp3) is 0.833. The van der Waals surface area contributed by atoms with Gasteiger partial charge < -0.3 is 20.1 Å². The number of hydrogen-bond donors (Lipinski definition) is 2. The summed E-state index contributed by atoms with van der Waals surface area (Å²) in [6.45, 7) is 3.90. The van der Waals surface area contributed by atoms with E-state index < -0.39 is 0 Å². The number of rotatable bonds is 5. The predicted octanol–water partition coefficient (Wildman–Crippen LogP) is 0.757. The van der Waals surface area contributed by atoms with Crippen molar-refractivity contribution in [2.75, 3.05) is 33.9 Å². The Morgan fingerprint density at radius 3 is 2.79 bits per heavy atom. The summed E-state index contributed by atoms with van der Waals surface area (Å²) in [7, 11) is 3.09. The van der Waals surface area contributed by atoms with E-state index >= 15 is 0 Å². The van der Waals surface area contributed by atoms with Crippen LogP contribution in [0.3, 0.4) is 0 Å². The molecule has 2 N–H and O–H groups in total. The van der Waals surface area contributed by atoms with E-state index in [1.54, 1.807) is 7.05 Å². The number of carbonyl (C=O) groups is 1. The third-order valence-corrected chi connectivity index (χ3v) is 2.92. The van der Waals surface area contributed by atoms with Gasteiger partial charge in [0.2, 0.25) is 0 Å². The third kappa shape index (κ3) is 6.95. The molecule has 0 amide bonds. The lowest BCUT2D eigenvalue weighted by molar-refractivity contribution is -0.144. The average Bonchev–Trinajstić information content (AvgIpc) is 2.90. The second kappa shape index (κ2) is 10.2. The Bertz CT molecular complexity index is 294. The second-order valence-corrected chi connectivity index (χ2v) is 4.39. The van der Waals surface area contributed by atoms with Crippen LogP contribution < -0.4 is 10.6 Å². The van der Waals surface area contributed by atoms with Crippen molar-refractivity contribution in [3.63, 3.8) is 0 Å². The molecule has 1 rings (SSSR count). The molecule has 0 aliphatic carbocycles. The van der Waals surface area contributed by atoms with E-state index in [1.165, 1.54) is 7.11 Å². The van der Waals surface area contributed by atoms with Gasteiger partial charge >= 0.3 is 5.97 Å². The Hall–Kier alpha value is -0.570. The second-order valence-electron chi connectivity index (χ2n) is 4.39. The lowest BCUT2D eigenvalue weighted by atomic mass is 10.2. The number of guanidine groups is 1. The number of aliphatic imine (C=N–C) groups is 1. The van der Waals surface area contributed by atoms with E-state index in [0.717, 1.165) is 26.0 Å². The first-order chi connectivity index (χ1) is 8.67. The van der Waals surface area contributed by atoms with Gasteiger partial charge in [0.1, 0.15) is 0 Å². The Labute approximate surface area is 131 Å². The Kier molecular flexibility index (Phi) is 9.94. The van der Waals surface area contributed by atoms with E-state index in [4.69, 9.17) is 4.74 Å². The van der Waals surface area contributed by atoms with Crippen LogP contribution in [0, 0.1) is 5.92 Å². The monoisotopic (exact) mass is 385 g/mol. The minimum atomic E-state index is -0.225. The quantitative estimate of drug-likeness (QED) is 0.317. The number of carbonyl (C=O) groups excluding carboxylic acids is 1. The van der Waals surface area contributed by atoms with Gasteiger partial charge in [-0.1, -0.05) is 6.92 Å². The largest absolute Gasteiger partial charge is 0.469 e. The maximum Gasteiger partial charge on any atom is 0.310 e. The fourth-order valence-electron chi connectivity index (χ4n) is 1.77. The fourth-order valence-corrected chi connectivity index (χ4v) is 1.77. The van der Waals surface area contributed by atoms with Gasteiger partial charge in [-0.15, -0.1) is 24.0 Å². The lowest BCUT2D eigenvalue weighted by Crippen LogP contribution is -2.43. The first-order valence-electron chi connectivity index (χ1n) is 6.31. The lowest BCUT2D eigenvalue weighted by Gasteiger charge is -2.16. The Morgan fingerprint density at radius 1 is 1.53 bits per heavy atom. The van der Waals surface area contributed by atoms with E-state index in [-0.39, 0.29) is 42.0 Å². The number of nitrogens with one attached hydrogen (secondary N) is 2. The van der Waals surface area contributed by atoms with Crippen LogP contribution >= 0.6 is 24.0 Å². The third-order valence-electron chi connectivity index (χ3n) is 2.92. The van der Waals surface area contributed by atoms with Crippen LogP contribution in [0.15, 0.2) is 4.99 Å². The topological polar surface area (TPSA) is 72.0 Å². The predicted molar refractivity (Wildman–Crippen MR) is 84.9 cm³/mol. The van der Waals surface area contributed by atoms with E-state index in [0.29, 0.717) is 12.5 Å². The van der Waals surface area contributed by atoms with Crippen molar-refractivity contribution in [3.8, 4) is 0 Å². The molecule has 1 fully saturated rings. The molecule has 112 valence electrons. The van der Waals surface area contributed by atoms with E-state index in [1.807, 2.05) is 6.92 Å². The molecule has 19 heavy (non-hydrogen) atoms. The molecule has 0 aromatic rings. The highest BCUT2D eigenvalue weighted by Crippen LogP contribution is 2.10. The van der Waals surface area contributed by atoms with Gasteiger partial charge in [-0.2, -0.15) is 0 Å². The van der Waals surface area contributed by atoms with Crippen molar-refractivity contribution in [2.24, 2.45) is 10.9 Å². The number of methoxy groups -OCH3 is 1. The normalized spacial score (nSPS) is 20.4. The highest BCUT2D eigenvalue weighted by molar-refractivity contribution is 14.0. The van der Waals surface area contributed by atoms with Crippen LogP contribution in [0.2, 0.25) is 0 Å². The maximum absolute atomic E-state index is 11.2. The molecule has 0 bridgehead atoms. The molecule has 2 atom stereocenters. The number of ether oxygens (including phenoxy) is 2. The zero-order valence-electron chi connectivity index (χ0n) is 11.8. The summed E-state index contributed by atoms with van der Waals surface area (Å²) < 4.78 is 10.2. The number of nitrogens with zero attached hydrogens (tertiary/aromatic N) is 1. The van der Waals surface area contributed by atoms with Gasteiger partial charge in [0.25, 0.3) is 0 Å². The van der Waals surface area contributed by atoms with Gasteiger partial charge in [0.05, 0.1) is 19.1 Å². The van der Waals surface area contributed by atoms with Crippen LogP contribution in [0.25, 0.3) is 0 Å². The van der Waals surface area contributed by atoms with E-state index in [2.05, 4.69) is 20.4 Å². The zero-order valence-corrected chi connectivity index (χ0v) is 14.1. The summed E-state index contributed by atoms with van der Waals surface area (Å²) in [5.41, 5.74) is 0. The first-order valence-corrected chi connectivity index (χ1v) is 6.31. The molecule has 6 nitrogen and oxygen atoms in total. The average molecular weight is 385 g/mol. The zero-order chi connectivity index (χ0) is 13.4. The van der Waals surface area contributed by atoms with Crippen LogP contribution in [-0.2, 0) is 14.3 Å². The minimum absolute atomic E-state index is 0. The van der Waals surface area contributed by atoms with Crippen molar-refractivity contribution in [1.82, 2.24) is 10.6 Å². The Balaban J connectivity index is 0.00000324. The van der Waals surface area contributed by atoms with Crippen molar-refractivity contribution in [1.29, 1.82) is 0 Å². The van der Waals surface area contributed by atoms with Gasteiger partial charge in [0, 0.05) is 26.7 Å². The summed E-state index contributed by atoms with van der Waals surface area (Å²) in [6, 6.07) is 0. The smallest absolute Gasteiger partial charge is 0.310 e. The summed E-state index contributed by atoms with van der Waals surface area (Å²) in [5, 5.41) is 6.28. The molecular formula is C12H24IN3O3. The van der Waals surface area contributed by atoms with Gasteiger partial charge in [-0.25, -0.2) is 0 Å². The molecule has 0 spiro atoms. The van der Waals surface area contributed by atoms with Crippen LogP contribution in [0.5, 0.6) is 0 Å². The van der Waals surface area contributed by atoms with Gasteiger partial charge in [-0.3, -0.25) is 9.79 Å². The minimum Gasteiger partial charge on any atom is -0.469 e. The summed E-state index contributed by atoms with van der Waals surface area (Å²) >= 11 is 0. The van der Waals surface area contributed by atoms with Crippen molar-refractivity contribution < 1.29 is 14.3 Å². The van der Waals surface area contributed by atoms with Crippen LogP contribution in [0.4, 0.5) is 0 Å². The molecule has 1 aliphatic rings. The Morgan fingerprint density at radius 2 is 2.26 bits per heavy atom. The summed E-state index contributed by atoms with van der Waals surface area (Å²) in [5.74, 6) is 0.259. The molecule has 0 aromatic heterocycles. The summed E-state index contributed by atoms with van der Waals surface area (Å²) in [6.07, 6.45) is 2.47. The van der Waals surface area contributed by atoms with Crippen molar-refractivity contribution in [3.05, 3.63) is 0 Å². The van der Waals surface area contributed by atoms with Crippen molar-refractivity contribution in [2.45, 2.75) is 25.9 Å².